The highest BCUT2D eigenvalue weighted by atomic mass is 16.5. The number of methoxy groups -OCH3 is 1. The van der Waals surface area contributed by atoms with Crippen LogP contribution in [0.5, 0.6) is 0 Å². The molecule has 0 aromatic heterocycles. The second-order valence-electron chi connectivity index (χ2n) is 4.80. The number of piperidine rings is 1. The quantitative estimate of drug-likeness (QED) is 0.591. The van der Waals surface area contributed by atoms with Crippen molar-refractivity contribution in [3.8, 4) is 0 Å². The zero-order valence-electron chi connectivity index (χ0n) is 11.3. The first kappa shape index (κ1) is 15.7. The minimum absolute atomic E-state index is 0.140. The number of hydrogen-bond donors (Lipinski definition) is 3. The molecule has 0 aliphatic carbocycles. The molecule has 1 heterocycles. The normalized spacial score (nSPS) is 18.1. The molecule has 0 radical (unpaired) electrons. The van der Waals surface area contributed by atoms with Crippen LogP contribution in [0.15, 0.2) is 0 Å². The Morgan fingerprint density at radius 3 is 2.63 bits per heavy atom. The van der Waals surface area contributed by atoms with E-state index < -0.39 is 12.0 Å². The highest BCUT2D eigenvalue weighted by molar-refractivity contribution is 5.82. The summed E-state index contributed by atoms with van der Waals surface area (Å²) in [5.41, 5.74) is 5.76. The predicted octanol–water partition coefficient (Wildman–Crippen LogP) is -0.00110. The molecule has 0 aromatic rings. The number of likely N-dealkylation sites (tertiary alicyclic amines) is 1. The average Bonchev–Trinajstić information content (AvgIpc) is 2.38. The molecule has 19 heavy (non-hydrogen) atoms. The lowest BCUT2D eigenvalue weighted by Crippen LogP contribution is -2.51. The van der Waals surface area contributed by atoms with E-state index in [1.807, 2.05) is 0 Å². The van der Waals surface area contributed by atoms with Gasteiger partial charge < -0.3 is 25.8 Å². The minimum Gasteiger partial charge on any atom is -0.480 e. The van der Waals surface area contributed by atoms with Crippen LogP contribution < -0.4 is 11.1 Å². The van der Waals surface area contributed by atoms with Crippen molar-refractivity contribution in [3.63, 3.8) is 0 Å². The number of aliphatic carboxylic acids is 1. The van der Waals surface area contributed by atoms with Gasteiger partial charge >= 0.3 is 12.0 Å². The molecule has 7 heteroatoms. The summed E-state index contributed by atoms with van der Waals surface area (Å²) in [5.74, 6) is -1.02. The van der Waals surface area contributed by atoms with Crippen molar-refractivity contribution >= 4 is 12.0 Å². The third-order valence-electron chi connectivity index (χ3n) is 3.26. The number of nitrogens with one attached hydrogen (secondary N) is 1. The molecular formula is C12H23N3O4. The molecule has 0 aromatic carbocycles. The lowest BCUT2D eigenvalue weighted by Gasteiger charge is -2.31. The Kier molecular flexibility index (Phi) is 6.58. The molecule has 2 amide bonds. The number of hydrogen-bond acceptors (Lipinski definition) is 4. The van der Waals surface area contributed by atoms with E-state index in [1.54, 1.807) is 12.0 Å². The summed E-state index contributed by atoms with van der Waals surface area (Å²) in [5, 5.41) is 11.6. The zero-order chi connectivity index (χ0) is 14.3. The van der Waals surface area contributed by atoms with Crippen molar-refractivity contribution in [2.45, 2.75) is 37.8 Å². The number of carbonyl (C=O) groups is 2. The first-order chi connectivity index (χ1) is 9.04. The highest BCUT2D eigenvalue weighted by Crippen LogP contribution is 2.09. The van der Waals surface area contributed by atoms with Gasteiger partial charge in [0.1, 0.15) is 6.04 Å². The minimum atomic E-state index is -1.02. The summed E-state index contributed by atoms with van der Waals surface area (Å²) in [4.78, 5) is 24.6. The molecule has 1 fully saturated rings. The molecule has 0 spiro atoms. The van der Waals surface area contributed by atoms with E-state index in [1.165, 1.54) is 0 Å². The largest absolute Gasteiger partial charge is 0.480 e. The van der Waals surface area contributed by atoms with Crippen LogP contribution in [0.25, 0.3) is 0 Å². The van der Waals surface area contributed by atoms with Gasteiger partial charge in [0.25, 0.3) is 0 Å². The van der Waals surface area contributed by atoms with E-state index in [9.17, 15) is 9.59 Å². The second kappa shape index (κ2) is 7.96. The highest BCUT2D eigenvalue weighted by Gasteiger charge is 2.25. The van der Waals surface area contributed by atoms with Crippen LogP contribution >= 0.6 is 0 Å². The maximum absolute atomic E-state index is 11.9. The summed E-state index contributed by atoms with van der Waals surface area (Å²) in [7, 11) is 1.56. The third kappa shape index (κ3) is 5.44. The van der Waals surface area contributed by atoms with E-state index >= 15 is 0 Å². The predicted molar refractivity (Wildman–Crippen MR) is 69.8 cm³/mol. The standard InChI is InChI=1S/C12H23N3O4/c1-19-8-2-3-10(11(16)17)14-12(18)15-6-4-9(13)5-7-15/h9-10H,2-8,13H2,1H3,(H,14,18)(H,16,17). The average molecular weight is 273 g/mol. The lowest BCUT2D eigenvalue weighted by atomic mass is 10.1. The number of carbonyl (C=O) groups excluding carboxylic acids is 1. The van der Waals surface area contributed by atoms with E-state index in [0.29, 0.717) is 32.5 Å². The number of ether oxygens (including phenoxy) is 1. The van der Waals surface area contributed by atoms with Gasteiger partial charge in [-0.1, -0.05) is 0 Å². The van der Waals surface area contributed by atoms with Crippen LogP contribution in [0.3, 0.4) is 0 Å². The van der Waals surface area contributed by atoms with Crippen LogP contribution in [-0.4, -0.2) is 60.9 Å². The van der Waals surface area contributed by atoms with Crippen molar-refractivity contribution in [2.24, 2.45) is 5.73 Å². The van der Waals surface area contributed by atoms with Gasteiger partial charge in [-0.05, 0) is 25.7 Å². The van der Waals surface area contributed by atoms with Crippen LogP contribution in [0, 0.1) is 0 Å². The molecule has 1 saturated heterocycles. The molecule has 1 atom stereocenters. The maximum atomic E-state index is 11.9. The Labute approximate surface area is 113 Å². The Morgan fingerprint density at radius 1 is 1.47 bits per heavy atom. The first-order valence-corrected chi connectivity index (χ1v) is 6.57. The van der Waals surface area contributed by atoms with Crippen LogP contribution in [0.2, 0.25) is 0 Å². The van der Waals surface area contributed by atoms with Crippen molar-refractivity contribution in [2.75, 3.05) is 26.8 Å². The number of nitrogens with zero attached hydrogens (tertiary/aromatic N) is 1. The SMILES string of the molecule is COCCCC(NC(=O)N1CCC(N)CC1)C(=O)O. The number of rotatable bonds is 6. The van der Waals surface area contributed by atoms with Gasteiger partial charge in [0.15, 0.2) is 0 Å². The summed E-state index contributed by atoms with van der Waals surface area (Å²) in [6.07, 6.45) is 2.48. The molecule has 7 nitrogen and oxygen atoms in total. The molecule has 1 aliphatic heterocycles. The van der Waals surface area contributed by atoms with Gasteiger partial charge in [-0.2, -0.15) is 0 Å². The molecule has 110 valence electrons. The summed E-state index contributed by atoms with van der Waals surface area (Å²) in [6, 6.07) is -1.05. The number of urea groups is 1. The van der Waals surface area contributed by atoms with Crippen molar-refractivity contribution in [1.82, 2.24) is 10.2 Å². The fourth-order valence-electron chi connectivity index (χ4n) is 2.03. The third-order valence-corrected chi connectivity index (χ3v) is 3.26. The van der Waals surface area contributed by atoms with Gasteiger partial charge in [0, 0.05) is 32.8 Å². The van der Waals surface area contributed by atoms with Crippen molar-refractivity contribution in [1.29, 1.82) is 0 Å². The topological polar surface area (TPSA) is 105 Å². The zero-order valence-corrected chi connectivity index (χ0v) is 11.3. The fraction of sp³-hybridized carbons (Fsp3) is 0.833. The van der Waals surface area contributed by atoms with E-state index in [2.05, 4.69) is 5.32 Å². The molecule has 4 N–H and O–H groups in total. The second-order valence-corrected chi connectivity index (χ2v) is 4.80. The summed E-state index contributed by atoms with van der Waals surface area (Å²) in [6.45, 7) is 1.65. The number of carboxylic acid groups (broad SMARTS) is 1. The first-order valence-electron chi connectivity index (χ1n) is 6.57. The Balaban J connectivity index is 2.40. The van der Waals surface area contributed by atoms with Crippen LogP contribution in [0.4, 0.5) is 4.79 Å². The number of amides is 2. The van der Waals surface area contributed by atoms with E-state index in [0.717, 1.165) is 12.8 Å². The maximum Gasteiger partial charge on any atom is 0.326 e. The number of nitrogens with two attached hydrogens (primary N) is 1. The van der Waals surface area contributed by atoms with Crippen LogP contribution in [0.1, 0.15) is 25.7 Å². The van der Waals surface area contributed by atoms with E-state index in [-0.39, 0.29) is 12.1 Å². The number of carboxylic acids is 1. The van der Waals surface area contributed by atoms with Gasteiger partial charge in [0.05, 0.1) is 0 Å². The Morgan fingerprint density at radius 2 is 2.11 bits per heavy atom. The van der Waals surface area contributed by atoms with Crippen LogP contribution in [-0.2, 0) is 9.53 Å². The van der Waals surface area contributed by atoms with Gasteiger partial charge in [-0.25, -0.2) is 9.59 Å². The van der Waals surface area contributed by atoms with Crippen molar-refractivity contribution < 1.29 is 19.4 Å². The molecule has 1 unspecified atom stereocenters. The van der Waals surface area contributed by atoms with Gasteiger partial charge in [-0.3, -0.25) is 0 Å². The Hall–Kier alpha value is -1.34. The lowest BCUT2D eigenvalue weighted by molar-refractivity contribution is -0.139. The Bertz CT molecular complexity index is 303. The molecule has 1 rings (SSSR count). The monoisotopic (exact) mass is 273 g/mol. The van der Waals surface area contributed by atoms with Gasteiger partial charge in [0.2, 0.25) is 0 Å². The van der Waals surface area contributed by atoms with Gasteiger partial charge in [-0.15, -0.1) is 0 Å². The summed E-state index contributed by atoms with van der Waals surface area (Å²) >= 11 is 0. The molecule has 1 aliphatic rings. The fourth-order valence-corrected chi connectivity index (χ4v) is 2.03. The molecule has 0 saturated carbocycles. The summed E-state index contributed by atoms with van der Waals surface area (Å²) < 4.78 is 4.88. The van der Waals surface area contributed by atoms with Crippen molar-refractivity contribution in [3.05, 3.63) is 0 Å². The van der Waals surface area contributed by atoms with E-state index in [4.69, 9.17) is 15.6 Å². The molecule has 0 bridgehead atoms. The molecular weight excluding hydrogens is 250 g/mol. The smallest absolute Gasteiger partial charge is 0.326 e.